The molecule has 0 aliphatic heterocycles. The SMILES string of the molecule is CCN(C(=O)COC(=O)Cn1c2ccccc2c(=O)c2ccccc21)c1cccc2ccccc12. The predicted octanol–water partition coefficient (Wildman–Crippen LogP) is 4.90. The van der Waals surface area contributed by atoms with Gasteiger partial charge in [0.25, 0.3) is 5.91 Å². The van der Waals surface area contributed by atoms with Crippen LogP contribution in [0.1, 0.15) is 6.92 Å². The van der Waals surface area contributed by atoms with E-state index in [4.69, 9.17) is 4.74 Å². The van der Waals surface area contributed by atoms with Crippen LogP contribution < -0.4 is 10.3 Å². The van der Waals surface area contributed by atoms with Gasteiger partial charge in [-0.2, -0.15) is 0 Å². The van der Waals surface area contributed by atoms with Crippen molar-refractivity contribution in [2.75, 3.05) is 18.1 Å². The van der Waals surface area contributed by atoms with Crippen molar-refractivity contribution in [3.8, 4) is 0 Å². The summed E-state index contributed by atoms with van der Waals surface area (Å²) in [4.78, 5) is 40.4. The van der Waals surface area contributed by atoms with E-state index in [0.29, 0.717) is 28.4 Å². The lowest BCUT2D eigenvalue weighted by atomic mass is 10.1. The summed E-state index contributed by atoms with van der Waals surface area (Å²) >= 11 is 0. The molecule has 0 saturated carbocycles. The lowest BCUT2D eigenvalue weighted by Crippen LogP contribution is -2.35. The Balaban J connectivity index is 1.39. The first-order valence-corrected chi connectivity index (χ1v) is 11.5. The van der Waals surface area contributed by atoms with Crippen molar-refractivity contribution in [3.63, 3.8) is 0 Å². The van der Waals surface area contributed by atoms with Crippen molar-refractivity contribution in [1.29, 1.82) is 0 Å². The van der Waals surface area contributed by atoms with Crippen LogP contribution in [0.5, 0.6) is 0 Å². The predicted molar refractivity (Wildman–Crippen MR) is 139 cm³/mol. The zero-order valence-electron chi connectivity index (χ0n) is 19.3. The number of rotatable bonds is 6. The third kappa shape index (κ3) is 4.15. The first-order valence-electron chi connectivity index (χ1n) is 11.5. The number of hydrogen-bond donors (Lipinski definition) is 0. The number of carbonyl (C=O) groups excluding carboxylic acids is 2. The van der Waals surface area contributed by atoms with Crippen molar-refractivity contribution in [2.45, 2.75) is 13.5 Å². The van der Waals surface area contributed by atoms with Gasteiger partial charge in [0, 0.05) is 22.7 Å². The molecule has 1 heterocycles. The maximum Gasteiger partial charge on any atom is 0.326 e. The lowest BCUT2D eigenvalue weighted by Gasteiger charge is -2.23. The van der Waals surface area contributed by atoms with Crippen molar-refractivity contribution in [3.05, 3.63) is 101 Å². The Morgan fingerprint density at radius 1 is 0.771 bits per heavy atom. The summed E-state index contributed by atoms with van der Waals surface area (Å²) < 4.78 is 7.19. The summed E-state index contributed by atoms with van der Waals surface area (Å²) in [5, 5.41) is 3.05. The summed E-state index contributed by atoms with van der Waals surface area (Å²) in [5.74, 6) is -0.849. The molecule has 6 nitrogen and oxygen atoms in total. The van der Waals surface area contributed by atoms with E-state index in [9.17, 15) is 14.4 Å². The van der Waals surface area contributed by atoms with Gasteiger partial charge in [-0.05, 0) is 42.6 Å². The topological polar surface area (TPSA) is 68.6 Å². The van der Waals surface area contributed by atoms with E-state index >= 15 is 0 Å². The highest BCUT2D eigenvalue weighted by Gasteiger charge is 2.19. The summed E-state index contributed by atoms with van der Waals surface area (Å²) in [7, 11) is 0. The Labute approximate surface area is 202 Å². The number of para-hydroxylation sites is 2. The van der Waals surface area contributed by atoms with Crippen LogP contribution in [0.25, 0.3) is 32.6 Å². The summed E-state index contributed by atoms with van der Waals surface area (Å²) in [5.41, 5.74) is 1.99. The number of pyridine rings is 1. The number of carbonyl (C=O) groups is 2. The van der Waals surface area contributed by atoms with Gasteiger partial charge in [-0.1, -0.05) is 60.7 Å². The van der Waals surface area contributed by atoms with Gasteiger partial charge >= 0.3 is 5.97 Å². The van der Waals surface area contributed by atoms with Crippen LogP contribution in [0.4, 0.5) is 5.69 Å². The van der Waals surface area contributed by atoms with Gasteiger partial charge < -0.3 is 14.2 Å². The largest absolute Gasteiger partial charge is 0.454 e. The molecule has 0 fully saturated rings. The van der Waals surface area contributed by atoms with Gasteiger partial charge in [0.15, 0.2) is 12.0 Å². The molecule has 1 aromatic heterocycles. The van der Waals surface area contributed by atoms with Gasteiger partial charge in [0.05, 0.1) is 16.7 Å². The highest BCUT2D eigenvalue weighted by atomic mass is 16.5. The Kier molecular flexibility index (Phi) is 6.02. The van der Waals surface area contributed by atoms with Crippen molar-refractivity contribution >= 4 is 50.1 Å². The van der Waals surface area contributed by atoms with Crippen molar-refractivity contribution in [1.82, 2.24) is 4.57 Å². The van der Waals surface area contributed by atoms with Crippen LogP contribution in [0.2, 0.25) is 0 Å². The second-order valence-electron chi connectivity index (χ2n) is 8.25. The molecule has 0 atom stereocenters. The van der Waals surface area contributed by atoms with Gasteiger partial charge in [0.1, 0.15) is 6.54 Å². The molecule has 0 radical (unpaired) electrons. The number of anilines is 1. The second-order valence-corrected chi connectivity index (χ2v) is 8.25. The Bertz CT molecular complexity index is 1570. The molecule has 5 rings (SSSR count). The fourth-order valence-corrected chi connectivity index (χ4v) is 4.57. The van der Waals surface area contributed by atoms with E-state index in [-0.39, 0.29) is 24.5 Å². The molecule has 1 amide bonds. The molecule has 0 saturated heterocycles. The number of nitrogens with zero attached hydrogens (tertiary/aromatic N) is 2. The molecule has 0 N–H and O–H groups in total. The highest BCUT2D eigenvalue weighted by Crippen LogP contribution is 2.27. The molecule has 4 aromatic carbocycles. The number of ether oxygens (including phenoxy) is 1. The number of likely N-dealkylation sites (N-methyl/N-ethyl adjacent to an activating group) is 1. The number of hydrogen-bond acceptors (Lipinski definition) is 4. The number of aromatic nitrogens is 1. The van der Waals surface area contributed by atoms with Crippen molar-refractivity contribution < 1.29 is 14.3 Å². The molecular weight excluding hydrogens is 440 g/mol. The Morgan fingerprint density at radius 2 is 1.34 bits per heavy atom. The lowest BCUT2D eigenvalue weighted by molar-refractivity contribution is -0.148. The average Bonchev–Trinajstić information content (AvgIpc) is 2.90. The van der Waals surface area contributed by atoms with E-state index in [1.807, 2.05) is 61.5 Å². The average molecular weight is 465 g/mol. The number of esters is 1. The minimum Gasteiger partial charge on any atom is -0.454 e. The van der Waals surface area contributed by atoms with Crippen LogP contribution in [0.3, 0.4) is 0 Å². The third-order valence-corrected chi connectivity index (χ3v) is 6.20. The standard InChI is InChI=1S/C29H24N2O4/c1-2-30(24-17-9-11-20-10-3-4-12-21(20)24)27(32)19-35-28(33)18-31-25-15-7-5-13-22(25)29(34)23-14-6-8-16-26(23)31/h3-17H,2,18-19H2,1H3. The zero-order valence-corrected chi connectivity index (χ0v) is 19.3. The maximum atomic E-state index is 13.0. The van der Waals surface area contributed by atoms with Gasteiger partial charge in [-0.25, -0.2) is 0 Å². The summed E-state index contributed by atoms with van der Waals surface area (Å²) in [6, 6.07) is 28.0. The molecule has 0 bridgehead atoms. The smallest absolute Gasteiger partial charge is 0.326 e. The maximum absolute atomic E-state index is 13.0. The minimum absolute atomic E-state index is 0.0790. The highest BCUT2D eigenvalue weighted by molar-refractivity contribution is 6.04. The molecule has 0 unspecified atom stereocenters. The fourth-order valence-electron chi connectivity index (χ4n) is 4.57. The number of benzene rings is 4. The number of amides is 1. The van der Waals surface area contributed by atoms with Crippen LogP contribution >= 0.6 is 0 Å². The van der Waals surface area contributed by atoms with E-state index in [1.165, 1.54) is 0 Å². The molecule has 0 spiro atoms. The van der Waals surface area contributed by atoms with E-state index in [0.717, 1.165) is 16.5 Å². The minimum atomic E-state index is -0.550. The molecule has 5 aromatic rings. The van der Waals surface area contributed by atoms with Gasteiger partial charge in [-0.15, -0.1) is 0 Å². The molecular formula is C29H24N2O4. The van der Waals surface area contributed by atoms with E-state index in [1.54, 1.807) is 45.9 Å². The molecule has 35 heavy (non-hydrogen) atoms. The zero-order chi connectivity index (χ0) is 24.4. The number of fused-ring (bicyclic) bond motifs is 3. The van der Waals surface area contributed by atoms with E-state index < -0.39 is 5.97 Å². The summed E-state index contributed by atoms with van der Waals surface area (Å²) in [6.07, 6.45) is 0. The van der Waals surface area contributed by atoms with Crippen LogP contribution in [0.15, 0.2) is 95.8 Å². The normalized spacial score (nSPS) is 11.1. The fraction of sp³-hybridized carbons (Fsp3) is 0.138. The van der Waals surface area contributed by atoms with E-state index in [2.05, 4.69) is 0 Å². The monoisotopic (exact) mass is 464 g/mol. The molecule has 174 valence electrons. The third-order valence-electron chi connectivity index (χ3n) is 6.20. The molecule has 6 heteroatoms. The first-order chi connectivity index (χ1) is 17.1. The molecule has 0 aliphatic carbocycles. The molecule has 0 aliphatic rings. The van der Waals surface area contributed by atoms with Crippen LogP contribution in [-0.2, 0) is 20.9 Å². The summed E-state index contributed by atoms with van der Waals surface area (Å²) in [6.45, 7) is 1.85. The van der Waals surface area contributed by atoms with Gasteiger partial charge in [-0.3, -0.25) is 14.4 Å². The Morgan fingerprint density at radius 3 is 2.00 bits per heavy atom. The quantitative estimate of drug-likeness (QED) is 0.265. The second kappa shape index (κ2) is 9.43. The van der Waals surface area contributed by atoms with Crippen LogP contribution in [-0.4, -0.2) is 29.6 Å². The van der Waals surface area contributed by atoms with Crippen LogP contribution in [0, 0.1) is 0 Å². The van der Waals surface area contributed by atoms with Gasteiger partial charge in [0.2, 0.25) is 0 Å². The first kappa shape index (κ1) is 22.3. The van der Waals surface area contributed by atoms with Crippen molar-refractivity contribution in [2.24, 2.45) is 0 Å². The Hall–Kier alpha value is -4.45.